The molecule has 0 bridgehead atoms. The molecule has 2 aromatic rings. The van der Waals surface area contributed by atoms with Crippen LogP contribution in [0.4, 0.5) is 0 Å². The molecule has 3 heterocycles. The van der Waals surface area contributed by atoms with Crippen molar-refractivity contribution in [2.45, 2.75) is 67.5 Å². The minimum atomic E-state index is -1.79. The molecule has 5 rings (SSSR count). The van der Waals surface area contributed by atoms with Crippen LogP contribution in [0, 0.1) is 0 Å². The summed E-state index contributed by atoms with van der Waals surface area (Å²) in [6.45, 7) is -1.43. The lowest BCUT2D eigenvalue weighted by Gasteiger charge is -2.40. The molecule has 2 fully saturated rings. The molecule has 16 nitrogen and oxygen atoms in total. The topological polar surface area (TPSA) is 272 Å². The van der Waals surface area contributed by atoms with Crippen LogP contribution >= 0.6 is 0 Å². The smallest absolute Gasteiger partial charge is 0.270 e. The first kappa shape index (κ1) is 31.0. The van der Waals surface area contributed by atoms with E-state index in [1.807, 2.05) is 0 Å². The summed E-state index contributed by atoms with van der Waals surface area (Å²) in [5.74, 6) is -1.42. The lowest BCUT2D eigenvalue weighted by Crippen LogP contribution is -2.60. The minimum Gasteiger partial charge on any atom is -0.571 e. The number of aliphatic hydroxyl groups excluding tert-OH is 8. The number of aromatic hydroxyl groups is 4. The summed E-state index contributed by atoms with van der Waals surface area (Å²) >= 11 is 0. The van der Waals surface area contributed by atoms with Crippen LogP contribution in [0.25, 0.3) is 6.08 Å². The Balaban J connectivity index is 1.54. The molecule has 43 heavy (non-hydrogen) atoms. The molecule has 0 amide bonds. The van der Waals surface area contributed by atoms with Crippen molar-refractivity contribution in [3.63, 3.8) is 0 Å². The van der Waals surface area contributed by atoms with Crippen molar-refractivity contribution < 1.29 is 79.9 Å². The fraction of sp³-hybridized carbons (Fsp3) is 0.481. The Kier molecular flexibility index (Phi) is 8.87. The predicted octanol–water partition coefficient (Wildman–Crippen LogP) is -2.86. The maximum Gasteiger partial charge on any atom is 0.270 e. The van der Waals surface area contributed by atoms with Crippen LogP contribution in [0.3, 0.4) is 0 Å². The number of aliphatic hydroxyl groups is 9. The van der Waals surface area contributed by atoms with Gasteiger partial charge >= 0.3 is 0 Å². The molecule has 0 radical (unpaired) electrons. The highest BCUT2D eigenvalue weighted by molar-refractivity contribution is 5.70. The summed E-state index contributed by atoms with van der Waals surface area (Å²) in [7, 11) is 0. The van der Waals surface area contributed by atoms with Crippen molar-refractivity contribution in [2.24, 2.45) is 0 Å². The standard InChI is InChI=1S/C27H32O16/c28-7-17-19(33)21(35)23(37)26(42-17)40-15-5-10(30)4-14-11(15)6-16(25(39-14)9-1-2-12(31)13(32)3-9)41-27-24(38)22(36)20(34)18(8-29)43-27/h1-6,17-38H,7-8H2/p+1/t17-,18-,19-,20-,21+,22+,23-,24-,25?,26-,27-/m1/s1. The number of hydrogen-bond donors (Lipinski definition) is 11. The highest BCUT2D eigenvalue weighted by Crippen LogP contribution is 2.47. The predicted molar refractivity (Wildman–Crippen MR) is 140 cm³/mol. The third-order valence-electron chi connectivity index (χ3n) is 7.44. The van der Waals surface area contributed by atoms with Crippen LogP contribution in [0.15, 0.2) is 36.1 Å². The lowest BCUT2D eigenvalue weighted by molar-refractivity contribution is -0.295. The summed E-state index contributed by atoms with van der Waals surface area (Å²) in [6.07, 6.45) is -16.0. The number of phenolic OH excluding ortho intramolecular Hbond substituents is 3. The second-order valence-corrected chi connectivity index (χ2v) is 10.3. The number of phenols is 3. The molecule has 3 aliphatic heterocycles. The van der Waals surface area contributed by atoms with Crippen molar-refractivity contribution in [1.82, 2.24) is 0 Å². The Labute approximate surface area is 243 Å². The van der Waals surface area contributed by atoms with Gasteiger partial charge in [0.15, 0.2) is 17.3 Å². The molecule has 0 saturated carbocycles. The van der Waals surface area contributed by atoms with E-state index in [4.69, 9.17) is 18.9 Å². The number of hydrogen-bond acceptors (Lipinski definition) is 15. The summed E-state index contributed by atoms with van der Waals surface area (Å²) in [5, 5.41) is 111. The first-order valence-corrected chi connectivity index (χ1v) is 13.2. The number of rotatable bonds is 7. The van der Waals surface area contributed by atoms with E-state index < -0.39 is 92.2 Å². The number of fused-ring (bicyclic) bond motifs is 1. The summed E-state index contributed by atoms with van der Waals surface area (Å²) < 4.78 is 27.1. The molecule has 0 spiro atoms. The van der Waals surface area contributed by atoms with Crippen LogP contribution < -0.4 is 4.74 Å². The third-order valence-corrected chi connectivity index (χ3v) is 7.44. The monoisotopic (exact) mass is 613 g/mol. The Hall–Kier alpha value is -3.42. The van der Waals surface area contributed by atoms with Gasteiger partial charge in [0, 0.05) is 12.1 Å². The Morgan fingerprint density at radius 2 is 1.26 bits per heavy atom. The molecule has 2 aromatic carbocycles. The van der Waals surface area contributed by atoms with Gasteiger partial charge in [-0.15, -0.1) is 0 Å². The zero-order valence-electron chi connectivity index (χ0n) is 22.2. The van der Waals surface area contributed by atoms with Gasteiger partial charge in [0.25, 0.3) is 11.9 Å². The van der Waals surface area contributed by atoms with Crippen molar-refractivity contribution >= 4 is 6.08 Å². The Bertz CT molecular complexity index is 1330. The van der Waals surface area contributed by atoms with Gasteiger partial charge in [-0.2, -0.15) is 0 Å². The molecular weight excluding hydrogens is 580 g/mol. The molecule has 2 saturated heterocycles. The van der Waals surface area contributed by atoms with E-state index in [0.717, 1.165) is 6.07 Å². The molecule has 236 valence electrons. The van der Waals surface area contributed by atoms with Crippen LogP contribution in [0.1, 0.15) is 17.2 Å². The van der Waals surface area contributed by atoms with Gasteiger partial charge < -0.3 is 79.9 Å². The molecular formula is C27H33O16+. The highest BCUT2D eigenvalue weighted by atomic mass is 16.7. The SMILES string of the molecule is OC[C@H]1O[C@@H](OC2=Cc3c(O[C@@H]4O[C@H](CO)[C@@H](O)[C@H](O)[C@H]4O)cc(O)cc3[OH+]C2c2ccc(O)c(O)c2)[C@H](O)[C@@H](O)[C@@H]1O. The molecule has 1 unspecified atom stereocenters. The van der Waals surface area contributed by atoms with Crippen molar-refractivity contribution in [2.75, 3.05) is 13.2 Å². The summed E-state index contributed by atoms with van der Waals surface area (Å²) in [4.78, 5) is 0. The van der Waals surface area contributed by atoms with E-state index in [1.165, 1.54) is 30.3 Å². The average molecular weight is 614 g/mol. The maximum absolute atomic E-state index is 10.6. The quantitative estimate of drug-likeness (QED) is 0.111. The fourth-order valence-electron chi connectivity index (χ4n) is 5.01. The van der Waals surface area contributed by atoms with Crippen molar-refractivity contribution in [3.8, 4) is 28.7 Å². The fourth-order valence-corrected chi connectivity index (χ4v) is 5.01. The lowest BCUT2D eigenvalue weighted by atomic mass is 9.98. The van der Waals surface area contributed by atoms with Crippen molar-refractivity contribution in [1.29, 1.82) is 0 Å². The van der Waals surface area contributed by atoms with E-state index >= 15 is 0 Å². The van der Waals surface area contributed by atoms with Gasteiger partial charge in [-0.1, -0.05) is 0 Å². The van der Waals surface area contributed by atoms with E-state index in [9.17, 15) is 56.2 Å². The van der Waals surface area contributed by atoms with Gasteiger partial charge in [0.05, 0.1) is 24.8 Å². The second-order valence-electron chi connectivity index (χ2n) is 10.3. The van der Waals surface area contributed by atoms with E-state index in [2.05, 4.69) is 4.74 Å². The number of ether oxygens (including phenoxy) is 5. The molecule has 0 aromatic heterocycles. The largest absolute Gasteiger partial charge is 0.571 e. The molecule has 11 atom stereocenters. The van der Waals surface area contributed by atoms with Gasteiger partial charge in [-0.25, -0.2) is 0 Å². The van der Waals surface area contributed by atoms with Crippen LogP contribution in [0.2, 0.25) is 0 Å². The van der Waals surface area contributed by atoms with Gasteiger partial charge in [0.2, 0.25) is 12.6 Å². The zero-order valence-corrected chi connectivity index (χ0v) is 22.2. The van der Waals surface area contributed by atoms with Crippen molar-refractivity contribution in [3.05, 3.63) is 47.2 Å². The van der Waals surface area contributed by atoms with Gasteiger partial charge in [0.1, 0.15) is 65.9 Å². The van der Waals surface area contributed by atoms with Crippen LogP contribution in [-0.4, -0.2) is 136 Å². The molecule has 3 aliphatic rings. The molecule has 16 heteroatoms. The first-order chi connectivity index (χ1) is 20.4. The zero-order chi connectivity index (χ0) is 31.2. The Morgan fingerprint density at radius 3 is 1.81 bits per heavy atom. The first-order valence-electron chi connectivity index (χ1n) is 13.2. The average Bonchev–Trinajstić information content (AvgIpc) is 2.98. The highest BCUT2D eigenvalue weighted by Gasteiger charge is 2.48. The second kappa shape index (κ2) is 12.3. The molecule has 12 N–H and O–H groups in total. The van der Waals surface area contributed by atoms with Gasteiger partial charge in [-0.05, 0) is 18.2 Å². The third kappa shape index (κ3) is 5.89. The number of benzene rings is 2. The molecule has 0 aliphatic carbocycles. The summed E-state index contributed by atoms with van der Waals surface area (Å²) in [6, 6.07) is 6.17. The van der Waals surface area contributed by atoms with Crippen LogP contribution in [0.5, 0.6) is 28.7 Å². The van der Waals surface area contributed by atoms with E-state index in [0.29, 0.717) is 0 Å². The van der Waals surface area contributed by atoms with Crippen LogP contribution in [-0.2, 0) is 14.2 Å². The minimum absolute atomic E-state index is 0.0914. The summed E-state index contributed by atoms with van der Waals surface area (Å²) in [5.41, 5.74) is 0.380. The maximum atomic E-state index is 10.6. The normalized spacial score (nSPS) is 35.8. The van der Waals surface area contributed by atoms with Gasteiger partial charge in [-0.3, -0.25) is 0 Å². The Morgan fingerprint density at radius 1 is 0.674 bits per heavy atom. The van der Waals surface area contributed by atoms with E-state index in [-0.39, 0.29) is 34.1 Å². The van der Waals surface area contributed by atoms with E-state index in [1.54, 1.807) is 0 Å².